The average molecular weight is 362 g/mol. The third kappa shape index (κ3) is 3.04. The number of nitrogens with zero attached hydrogens (tertiary/aromatic N) is 3. The molecule has 134 valence electrons. The maximum atomic E-state index is 12.5. The van der Waals surface area contributed by atoms with Crippen LogP contribution in [0.15, 0.2) is 59.7 Å². The molecule has 0 unspecified atom stereocenters. The molecule has 0 fully saturated rings. The molecule has 2 aromatic heterocycles. The van der Waals surface area contributed by atoms with Crippen LogP contribution >= 0.6 is 0 Å². The average Bonchev–Trinajstić information content (AvgIpc) is 3.18. The SMILES string of the molecule is COc1ccc(-c2ccc3nc(-n4cc(C(=O)O)cn4)[nH]c(=O)c3c2)cc1. The molecule has 0 saturated heterocycles. The van der Waals surface area contributed by atoms with Crippen molar-refractivity contribution < 1.29 is 14.6 Å². The number of methoxy groups -OCH3 is 1. The maximum absolute atomic E-state index is 12.5. The molecule has 4 rings (SSSR count). The topological polar surface area (TPSA) is 110 Å². The van der Waals surface area contributed by atoms with Gasteiger partial charge >= 0.3 is 5.97 Å². The molecule has 0 bridgehead atoms. The third-order valence-electron chi connectivity index (χ3n) is 4.16. The van der Waals surface area contributed by atoms with Crippen LogP contribution in [0.2, 0.25) is 0 Å². The fourth-order valence-electron chi connectivity index (χ4n) is 2.75. The summed E-state index contributed by atoms with van der Waals surface area (Å²) in [5.74, 6) is -0.200. The van der Waals surface area contributed by atoms with Crippen LogP contribution in [0.4, 0.5) is 0 Å². The second-order valence-electron chi connectivity index (χ2n) is 5.83. The number of carboxylic acids is 1. The smallest absolute Gasteiger partial charge is 0.338 e. The normalized spacial score (nSPS) is 10.9. The quantitative estimate of drug-likeness (QED) is 0.577. The number of fused-ring (bicyclic) bond motifs is 1. The summed E-state index contributed by atoms with van der Waals surface area (Å²) in [4.78, 5) is 30.5. The molecule has 8 nitrogen and oxygen atoms in total. The molecule has 0 spiro atoms. The Kier molecular flexibility index (Phi) is 3.92. The van der Waals surface area contributed by atoms with Crippen LogP contribution in [-0.2, 0) is 0 Å². The number of hydrogen-bond donors (Lipinski definition) is 2. The van der Waals surface area contributed by atoms with E-state index >= 15 is 0 Å². The summed E-state index contributed by atoms with van der Waals surface area (Å²) in [5, 5.41) is 13.3. The molecule has 0 aliphatic heterocycles. The molecular formula is C19H14N4O4. The van der Waals surface area contributed by atoms with Gasteiger partial charge in [0.2, 0.25) is 5.95 Å². The van der Waals surface area contributed by atoms with Crippen molar-refractivity contribution >= 4 is 16.9 Å². The van der Waals surface area contributed by atoms with Crippen molar-refractivity contribution in [3.05, 3.63) is 70.8 Å². The molecule has 2 aromatic carbocycles. The Morgan fingerprint density at radius 2 is 1.89 bits per heavy atom. The zero-order valence-electron chi connectivity index (χ0n) is 14.2. The van der Waals surface area contributed by atoms with Crippen molar-refractivity contribution in [2.75, 3.05) is 7.11 Å². The predicted molar refractivity (Wildman–Crippen MR) is 98.4 cm³/mol. The summed E-state index contributed by atoms with van der Waals surface area (Å²) in [6.45, 7) is 0. The summed E-state index contributed by atoms with van der Waals surface area (Å²) in [7, 11) is 1.60. The maximum Gasteiger partial charge on any atom is 0.338 e. The van der Waals surface area contributed by atoms with Crippen molar-refractivity contribution in [3.8, 4) is 22.8 Å². The summed E-state index contributed by atoms with van der Waals surface area (Å²) in [6, 6.07) is 12.9. The largest absolute Gasteiger partial charge is 0.497 e. The van der Waals surface area contributed by atoms with Gasteiger partial charge in [-0.2, -0.15) is 5.10 Å². The van der Waals surface area contributed by atoms with Crippen LogP contribution in [0.1, 0.15) is 10.4 Å². The van der Waals surface area contributed by atoms with Gasteiger partial charge in [0.25, 0.3) is 5.56 Å². The van der Waals surface area contributed by atoms with E-state index in [1.54, 1.807) is 19.2 Å². The first kappa shape index (κ1) is 16.5. The van der Waals surface area contributed by atoms with Crippen LogP contribution in [0.3, 0.4) is 0 Å². The Labute approximate surface area is 152 Å². The number of aromatic amines is 1. The van der Waals surface area contributed by atoms with Crippen molar-refractivity contribution in [3.63, 3.8) is 0 Å². The van der Waals surface area contributed by atoms with Gasteiger partial charge in [0.15, 0.2) is 0 Å². The molecule has 4 aromatic rings. The summed E-state index contributed by atoms with van der Waals surface area (Å²) in [5.41, 5.74) is 1.97. The first-order chi connectivity index (χ1) is 13.0. The van der Waals surface area contributed by atoms with Crippen LogP contribution in [0.5, 0.6) is 5.75 Å². The Hall–Kier alpha value is -3.94. The Morgan fingerprint density at radius 1 is 1.15 bits per heavy atom. The van der Waals surface area contributed by atoms with Gasteiger partial charge in [-0.05, 0) is 35.4 Å². The van der Waals surface area contributed by atoms with Crippen LogP contribution in [0.25, 0.3) is 28.0 Å². The molecular weight excluding hydrogens is 348 g/mol. The van der Waals surface area contributed by atoms with E-state index in [0.717, 1.165) is 16.9 Å². The summed E-state index contributed by atoms with van der Waals surface area (Å²) < 4.78 is 6.38. The fraction of sp³-hybridized carbons (Fsp3) is 0.0526. The second-order valence-corrected chi connectivity index (χ2v) is 5.83. The number of benzene rings is 2. The highest BCUT2D eigenvalue weighted by atomic mass is 16.5. The molecule has 27 heavy (non-hydrogen) atoms. The zero-order valence-corrected chi connectivity index (χ0v) is 14.2. The Morgan fingerprint density at radius 3 is 2.56 bits per heavy atom. The highest BCUT2D eigenvalue weighted by molar-refractivity contribution is 5.87. The van der Waals surface area contributed by atoms with Crippen molar-refractivity contribution in [2.24, 2.45) is 0 Å². The second kappa shape index (κ2) is 6.41. The molecule has 2 N–H and O–H groups in total. The number of hydrogen-bond acceptors (Lipinski definition) is 5. The first-order valence-electron chi connectivity index (χ1n) is 8.02. The van der Waals surface area contributed by atoms with Gasteiger partial charge in [0.1, 0.15) is 5.75 Å². The molecule has 0 atom stereocenters. The van der Waals surface area contributed by atoms with Crippen molar-refractivity contribution in [2.45, 2.75) is 0 Å². The van der Waals surface area contributed by atoms with Crippen LogP contribution < -0.4 is 10.3 Å². The van der Waals surface area contributed by atoms with E-state index in [1.807, 2.05) is 30.3 Å². The first-order valence-corrected chi connectivity index (χ1v) is 8.02. The van der Waals surface area contributed by atoms with Gasteiger partial charge in [-0.1, -0.05) is 18.2 Å². The highest BCUT2D eigenvalue weighted by Crippen LogP contribution is 2.24. The number of rotatable bonds is 4. The molecule has 0 amide bonds. The van der Waals surface area contributed by atoms with Gasteiger partial charge in [-0.25, -0.2) is 14.5 Å². The molecule has 0 aliphatic rings. The number of ether oxygens (including phenoxy) is 1. The monoisotopic (exact) mass is 362 g/mol. The summed E-state index contributed by atoms with van der Waals surface area (Å²) >= 11 is 0. The van der Waals surface area contributed by atoms with Crippen molar-refractivity contribution in [1.82, 2.24) is 19.7 Å². The molecule has 0 aliphatic carbocycles. The van der Waals surface area contributed by atoms with Gasteiger partial charge in [-0.15, -0.1) is 0 Å². The third-order valence-corrected chi connectivity index (χ3v) is 4.16. The van der Waals surface area contributed by atoms with Crippen LogP contribution in [0, 0.1) is 0 Å². The zero-order chi connectivity index (χ0) is 19.0. The molecule has 0 saturated carbocycles. The molecule has 0 radical (unpaired) electrons. The predicted octanol–water partition coefficient (Wildman–Crippen LogP) is 2.48. The number of H-pyrrole nitrogens is 1. The molecule has 2 heterocycles. The van der Waals surface area contributed by atoms with Gasteiger partial charge < -0.3 is 9.84 Å². The van der Waals surface area contributed by atoms with Gasteiger partial charge in [-0.3, -0.25) is 9.78 Å². The minimum Gasteiger partial charge on any atom is -0.497 e. The van der Waals surface area contributed by atoms with E-state index in [2.05, 4.69) is 15.1 Å². The van der Waals surface area contributed by atoms with E-state index in [-0.39, 0.29) is 17.1 Å². The lowest BCUT2D eigenvalue weighted by molar-refractivity contribution is 0.0697. The lowest BCUT2D eigenvalue weighted by Gasteiger charge is -2.06. The number of aromatic carboxylic acids is 1. The number of carbonyl (C=O) groups is 1. The van der Waals surface area contributed by atoms with E-state index in [9.17, 15) is 9.59 Å². The van der Waals surface area contributed by atoms with E-state index in [1.165, 1.54) is 17.1 Å². The van der Waals surface area contributed by atoms with Gasteiger partial charge in [0.05, 0.1) is 29.8 Å². The fourth-order valence-corrected chi connectivity index (χ4v) is 2.75. The van der Waals surface area contributed by atoms with E-state index < -0.39 is 5.97 Å². The van der Waals surface area contributed by atoms with Crippen molar-refractivity contribution in [1.29, 1.82) is 0 Å². The van der Waals surface area contributed by atoms with Gasteiger partial charge in [0, 0.05) is 6.20 Å². The lowest BCUT2D eigenvalue weighted by Crippen LogP contribution is -2.14. The number of nitrogens with one attached hydrogen (secondary N) is 1. The minimum atomic E-state index is -1.10. The summed E-state index contributed by atoms with van der Waals surface area (Å²) in [6.07, 6.45) is 2.48. The molecule has 8 heteroatoms. The van der Waals surface area contributed by atoms with Crippen LogP contribution in [-0.4, -0.2) is 37.9 Å². The van der Waals surface area contributed by atoms with E-state index in [0.29, 0.717) is 10.9 Å². The minimum absolute atomic E-state index is 0.00704. The number of aromatic nitrogens is 4. The van der Waals surface area contributed by atoms with E-state index in [4.69, 9.17) is 9.84 Å². The highest BCUT2D eigenvalue weighted by Gasteiger charge is 2.11. The Balaban J connectivity index is 1.77. The number of carboxylic acid groups (broad SMARTS) is 1. The standard InChI is InChI=1S/C19H14N4O4/c1-27-14-5-2-11(3-6-14)12-4-7-16-15(8-12)17(24)22-19(21-16)23-10-13(9-20-23)18(25)26/h2-10H,1H3,(H,25,26)(H,21,22,24). The lowest BCUT2D eigenvalue weighted by atomic mass is 10.0. The Bertz CT molecular complexity index is 1210.